The minimum absolute atomic E-state index is 0.0197. The van der Waals surface area contributed by atoms with E-state index >= 15 is 0 Å². The van der Waals surface area contributed by atoms with Crippen molar-refractivity contribution in [2.75, 3.05) is 11.9 Å². The maximum atomic E-state index is 13.5. The molecule has 2 aromatic carbocycles. The molecule has 1 aliphatic heterocycles. The zero-order valence-corrected chi connectivity index (χ0v) is 16.7. The smallest absolute Gasteiger partial charge is 0.240 e. The van der Waals surface area contributed by atoms with Crippen LogP contribution in [0.1, 0.15) is 18.7 Å². The Morgan fingerprint density at radius 3 is 2.35 bits per heavy atom. The number of rotatable bonds is 6. The van der Waals surface area contributed by atoms with Crippen molar-refractivity contribution >= 4 is 23.6 Å². The van der Waals surface area contributed by atoms with Crippen LogP contribution >= 0.6 is 0 Å². The quantitative estimate of drug-likeness (QED) is 0.629. The Balaban J connectivity index is 1.47. The molecule has 0 spiro atoms. The molecule has 0 atom stereocenters. The van der Waals surface area contributed by atoms with Gasteiger partial charge >= 0.3 is 0 Å². The van der Waals surface area contributed by atoms with Gasteiger partial charge in [0, 0.05) is 29.7 Å². The molecule has 158 valence electrons. The van der Waals surface area contributed by atoms with E-state index in [0.717, 1.165) is 18.4 Å². The molecule has 31 heavy (non-hydrogen) atoms. The summed E-state index contributed by atoms with van der Waals surface area (Å²) in [4.78, 5) is 18.9. The molecule has 1 aromatic heterocycles. The second kappa shape index (κ2) is 7.96. The molecule has 2 heterocycles. The Morgan fingerprint density at radius 2 is 1.68 bits per heavy atom. The van der Waals surface area contributed by atoms with Crippen molar-refractivity contribution in [3.63, 3.8) is 0 Å². The molecule has 1 amide bonds. The van der Waals surface area contributed by atoms with Crippen LogP contribution in [0.5, 0.6) is 0 Å². The van der Waals surface area contributed by atoms with Crippen molar-refractivity contribution in [2.24, 2.45) is 0 Å². The van der Waals surface area contributed by atoms with E-state index in [9.17, 15) is 13.6 Å². The lowest BCUT2D eigenvalue weighted by atomic mass is 10.1. The number of carbonyl (C=O) groups excluding carboxylic acids is 1. The highest BCUT2D eigenvalue weighted by atomic mass is 19.1. The molecule has 2 N–H and O–H groups in total. The minimum atomic E-state index is -0.333. The van der Waals surface area contributed by atoms with Crippen LogP contribution in [-0.4, -0.2) is 32.9 Å². The lowest BCUT2D eigenvalue weighted by Crippen LogP contribution is -2.37. The lowest BCUT2D eigenvalue weighted by Gasteiger charge is -2.23. The molecule has 0 radical (unpaired) electrons. The first-order valence-corrected chi connectivity index (χ1v) is 10.2. The van der Waals surface area contributed by atoms with Gasteiger partial charge in [0.25, 0.3) is 0 Å². The van der Waals surface area contributed by atoms with Crippen LogP contribution in [0.25, 0.3) is 17.5 Å². The van der Waals surface area contributed by atoms with Crippen LogP contribution < -0.4 is 10.6 Å². The summed E-state index contributed by atoms with van der Waals surface area (Å²) in [6.07, 6.45) is 5.75. The zero-order valence-electron chi connectivity index (χ0n) is 16.7. The predicted octanol–water partition coefficient (Wildman–Crippen LogP) is 4.09. The van der Waals surface area contributed by atoms with Gasteiger partial charge in [0.05, 0.1) is 13.1 Å². The first-order chi connectivity index (χ1) is 15.1. The minimum Gasteiger partial charge on any atom is -0.339 e. The van der Waals surface area contributed by atoms with E-state index in [1.807, 2.05) is 4.57 Å². The van der Waals surface area contributed by atoms with Crippen LogP contribution in [0.2, 0.25) is 0 Å². The number of nitrogens with zero attached hydrogens (tertiary/aromatic N) is 3. The average Bonchev–Trinajstić information content (AvgIpc) is 3.55. The zero-order chi connectivity index (χ0) is 21.4. The molecule has 0 saturated heterocycles. The summed E-state index contributed by atoms with van der Waals surface area (Å²) in [5.74, 6) is 0.654. The van der Waals surface area contributed by atoms with Gasteiger partial charge in [-0.3, -0.25) is 9.36 Å². The number of halogens is 2. The Labute approximate surface area is 178 Å². The fraction of sp³-hybridized carbons (Fsp3) is 0.217. The summed E-state index contributed by atoms with van der Waals surface area (Å²) < 4.78 is 28.6. The molecule has 1 fully saturated rings. The van der Waals surface area contributed by atoms with Crippen LogP contribution in [0.15, 0.2) is 54.7 Å². The van der Waals surface area contributed by atoms with Gasteiger partial charge in [0.15, 0.2) is 0 Å². The van der Waals surface area contributed by atoms with Gasteiger partial charge in [-0.25, -0.2) is 13.8 Å². The van der Waals surface area contributed by atoms with Gasteiger partial charge in [-0.15, -0.1) is 0 Å². The lowest BCUT2D eigenvalue weighted by molar-refractivity contribution is -0.128. The Hall–Kier alpha value is -3.52. The van der Waals surface area contributed by atoms with Gasteiger partial charge in [-0.1, -0.05) is 0 Å². The molecule has 1 saturated carbocycles. The summed E-state index contributed by atoms with van der Waals surface area (Å²) in [6, 6.07) is 12.5. The van der Waals surface area contributed by atoms with E-state index in [2.05, 4.69) is 10.6 Å². The molecule has 1 aliphatic carbocycles. The predicted molar refractivity (Wildman–Crippen MR) is 114 cm³/mol. The number of amides is 1. The summed E-state index contributed by atoms with van der Waals surface area (Å²) in [5, 5.41) is 6.52. The van der Waals surface area contributed by atoms with E-state index < -0.39 is 0 Å². The highest BCUT2D eigenvalue weighted by Gasteiger charge is 2.26. The van der Waals surface area contributed by atoms with Crippen LogP contribution in [0.3, 0.4) is 0 Å². The van der Waals surface area contributed by atoms with E-state index in [1.54, 1.807) is 41.6 Å². The molecule has 2 aliphatic rings. The van der Waals surface area contributed by atoms with Gasteiger partial charge in [0.1, 0.15) is 29.0 Å². The van der Waals surface area contributed by atoms with Crippen LogP contribution in [0, 0.1) is 11.6 Å². The normalized spacial score (nSPS) is 15.1. The molecule has 5 rings (SSSR count). The van der Waals surface area contributed by atoms with E-state index in [1.165, 1.54) is 24.3 Å². The summed E-state index contributed by atoms with van der Waals surface area (Å²) in [7, 11) is 0. The first-order valence-electron chi connectivity index (χ1n) is 10.2. The molecule has 6 nitrogen and oxygen atoms in total. The summed E-state index contributed by atoms with van der Waals surface area (Å²) in [5.41, 5.74) is 2.04. The van der Waals surface area contributed by atoms with Crippen molar-refractivity contribution in [3.8, 4) is 11.3 Å². The van der Waals surface area contributed by atoms with Gasteiger partial charge in [-0.2, -0.15) is 0 Å². The fourth-order valence-corrected chi connectivity index (χ4v) is 3.49. The largest absolute Gasteiger partial charge is 0.339 e. The number of hydrogen-bond acceptors (Lipinski definition) is 4. The first kappa shape index (κ1) is 19.4. The summed E-state index contributed by atoms with van der Waals surface area (Å²) >= 11 is 0. The molecular formula is C23H21F2N5O. The molecule has 0 unspecified atom stereocenters. The summed E-state index contributed by atoms with van der Waals surface area (Å²) in [6.45, 7) is 0.613. The fourth-order valence-electron chi connectivity index (χ4n) is 3.49. The molecule has 8 heteroatoms. The number of benzene rings is 2. The van der Waals surface area contributed by atoms with Crippen molar-refractivity contribution in [1.29, 1.82) is 0 Å². The number of imidazole rings is 1. The Morgan fingerprint density at radius 1 is 1.00 bits per heavy atom. The second-order valence-corrected chi connectivity index (χ2v) is 7.71. The number of anilines is 2. The number of carbonyl (C=O) groups is 1. The van der Waals surface area contributed by atoms with E-state index in [0.29, 0.717) is 42.2 Å². The number of nitrogens with one attached hydrogen (secondary N) is 2. The topological polar surface area (TPSA) is 62.2 Å². The third-order valence-electron chi connectivity index (χ3n) is 5.36. The number of aromatic nitrogens is 2. The monoisotopic (exact) mass is 421 g/mol. The second-order valence-electron chi connectivity index (χ2n) is 7.71. The van der Waals surface area contributed by atoms with Gasteiger partial charge in [0.2, 0.25) is 5.91 Å². The Kier molecular flexibility index (Phi) is 4.99. The van der Waals surface area contributed by atoms with Crippen molar-refractivity contribution in [3.05, 3.63) is 72.2 Å². The molecule has 3 aromatic rings. The van der Waals surface area contributed by atoms with Crippen molar-refractivity contribution in [1.82, 2.24) is 19.8 Å². The standard InChI is InChI=1S/C23H21F2N5O/c24-16-3-1-15(2-4-16)22-23(27-19-7-5-17(25)6-8-19)30-12-11-29(14-20(30)28-22)21(31)13-26-18-9-10-18/h1-8,11-12,18,26-27H,9-10,13-14H2. The average molecular weight is 421 g/mol. The van der Waals surface area contributed by atoms with E-state index in [-0.39, 0.29) is 17.5 Å². The highest BCUT2D eigenvalue weighted by Crippen LogP contribution is 2.33. The molecule has 0 bridgehead atoms. The maximum Gasteiger partial charge on any atom is 0.240 e. The van der Waals surface area contributed by atoms with Crippen LogP contribution in [0.4, 0.5) is 20.3 Å². The number of hydrogen-bond donors (Lipinski definition) is 2. The third-order valence-corrected chi connectivity index (χ3v) is 5.36. The van der Waals surface area contributed by atoms with E-state index in [4.69, 9.17) is 4.98 Å². The SMILES string of the molecule is O=C(CNC1CC1)N1C=Cn2c(nc(-c3ccc(F)cc3)c2Nc2ccc(F)cc2)C1. The van der Waals surface area contributed by atoms with Crippen molar-refractivity contribution in [2.45, 2.75) is 25.4 Å². The van der Waals surface area contributed by atoms with Crippen molar-refractivity contribution < 1.29 is 13.6 Å². The van der Waals surface area contributed by atoms with Crippen LogP contribution in [-0.2, 0) is 11.3 Å². The van der Waals surface area contributed by atoms with Gasteiger partial charge < -0.3 is 15.5 Å². The van der Waals surface area contributed by atoms with Gasteiger partial charge in [-0.05, 0) is 61.4 Å². The highest BCUT2D eigenvalue weighted by molar-refractivity contribution is 5.82. The third kappa shape index (κ3) is 4.20. The molecular weight excluding hydrogens is 400 g/mol. The Bertz CT molecular complexity index is 1130. The maximum absolute atomic E-state index is 13.5. The number of fused-ring (bicyclic) bond motifs is 1.